The molecule has 1 unspecified atom stereocenters. The third-order valence-corrected chi connectivity index (χ3v) is 5.22. The summed E-state index contributed by atoms with van der Waals surface area (Å²) in [5.41, 5.74) is 2.86. The number of halogens is 2. The van der Waals surface area contributed by atoms with Crippen LogP contribution >= 0.6 is 24.8 Å². The molecule has 25 heavy (non-hydrogen) atoms. The van der Waals surface area contributed by atoms with E-state index in [1.54, 1.807) is 0 Å². The van der Waals surface area contributed by atoms with Gasteiger partial charge in [0.25, 0.3) is 0 Å². The summed E-state index contributed by atoms with van der Waals surface area (Å²) in [6, 6.07) is 5.94. The molecule has 1 amide bonds. The number of nitrogens with one attached hydrogen (secondary N) is 3. The van der Waals surface area contributed by atoms with Gasteiger partial charge in [0.2, 0.25) is 5.91 Å². The van der Waals surface area contributed by atoms with Gasteiger partial charge in [0.1, 0.15) is 5.82 Å². The van der Waals surface area contributed by atoms with E-state index >= 15 is 0 Å². The minimum absolute atomic E-state index is 0. The van der Waals surface area contributed by atoms with Gasteiger partial charge < -0.3 is 15.6 Å². The Hall–Kier alpha value is -1.30. The molecule has 1 atom stereocenters. The Bertz CT molecular complexity index is 708. The number of nitrogens with zero attached hydrogens (tertiary/aromatic N) is 1. The number of hydrogen-bond acceptors (Lipinski definition) is 3. The van der Waals surface area contributed by atoms with Crippen LogP contribution in [-0.2, 0) is 4.79 Å². The summed E-state index contributed by atoms with van der Waals surface area (Å²) in [6.07, 6.45) is 6.54. The zero-order chi connectivity index (χ0) is 15.6. The number of benzene rings is 1. The van der Waals surface area contributed by atoms with Crippen LogP contribution in [0.5, 0.6) is 0 Å². The van der Waals surface area contributed by atoms with Gasteiger partial charge in [0, 0.05) is 18.0 Å². The van der Waals surface area contributed by atoms with Crippen LogP contribution in [0.15, 0.2) is 18.2 Å². The normalized spacial score (nSPS) is 19.8. The van der Waals surface area contributed by atoms with Crippen molar-refractivity contribution >= 4 is 47.4 Å². The minimum Gasteiger partial charge on any atom is -0.342 e. The molecular weight excluding hydrogens is 359 g/mol. The maximum Gasteiger partial charge on any atom is 0.224 e. The number of hydrogen-bond donors (Lipinski definition) is 3. The maximum atomic E-state index is 12.1. The first-order valence-corrected chi connectivity index (χ1v) is 8.78. The van der Waals surface area contributed by atoms with Crippen LogP contribution in [0.2, 0.25) is 0 Å². The fourth-order valence-corrected chi connectivity index (χ4v) is 3.50. The lowest BCUT2D eigenvalue weighted by atomic mass is 9.85. The van der Waals surface area contributed by atoms with Crippen LogP contribution in [0.1, 0.15) is 50.3 Å². The van der Waals surface area contributed by atoms with Crippen LogP contribution in [0.4, 0.5) is 5.69 Å². The SMILES string of the molecule is Cl.Cl.O=C(CCC1CCNC1)Nc1ccc2nc(C3CCC3)[nH]c2c1. The van der Waals surface area contributed by atoms with Gasteiger partial charge in [0.15, 0.2) is 0 Å². The maximum absolute atomic E-state index is 12.1. The van der Waals surface area contributed by atoms with Crippen molar-refractivity contribution in [2.75, 3.05) is 18.4 Å². The Balaban J connectivity index is 0.00000113. The van der Waals surface area contributed by atoms with Crippen molar-refractivity contribution in [3.05, 3.63) is 24.0 Å². The second-order valence-corrected chi connectivity index (χ2v) is 6.93. The molecule has 0 spiro atoms. The summed E-state index contributed by atoms with van der Waals surface area (Å²) < 4.78 is 0. The fraction of sp³-hybridized carbons (Fsp3) is 0.556. The fourth-order valence-electron chi connectivity index (χ4n) is 3.50. The summed E-state index contributed by atoms with van der Waals surface area (Å²) in [7, 11) is 0. The number of H-pyrrole nitrogens is 1. The first-order valence-electron chi connectivity index (χ1n) is 8.78. The molecular formula is C18H26Cl2N4O. The van der Waals surface area contributed by atoms with Gasteiger partial charge in [-0.2, -0.15) is 0 Å². The Kier molecular flexibility index (Phi) is 7.11. The highest BCUT2D eigenvalue weighted by molar-refractivity contribution is 5.93. The van der Waals surface area contributed by atoms with E-state index in [0.29, 0.717) is 18.3 Å². The molecule has 2 fully saturated rings. The van der Waals surface area contributed by atoms with Crippen LogP contribution < -0.4 is 10.6 Å². The molecule has 1 aromatic heterocycles. The van der Waals surface area contributed by atoms with Crippen molar-refractivity contribution in [3.63, 3.8) is 0 Å². The number of amides is 1. The van der Waals surface area contributed by atoms with Crippen LogP contribution in [0.3, 0.4) is 0 Å². The van der Waals surface area contributed by atoms with Crippen molar-refractivity contribution in [2.24, 2.45) is 5.92 Å². The molecule has 7 heteroatoms. The molecule has 1 aliphatic carbocycles. The van der Waals surface area contributed by atoms with Gasteiger partial charge in [-0.05, 0) is 62.9 Å². The Morgan fingerprint density at radius 1 is 1.24 bits per heavy atom. The molecule has 5 nitrogen and oxygen atoms in total. The predicted octanol–water partition coefficient (Wildman–Crippen LogP) is 4.00. The number of carbonyl (C=O) groups excluding carboxylic acids is 1. The molecule has 2 heterocycles. The van der Waals surface area contributed by atoms with E-state index in [0.717, 1.165) is 42.1 Å². The summed E-state index contributed by atoms with van der Waals surface area (Å²) in [5.74, 6) is 2.46. The molecule has 2 aromatic rings. The number of fused-ring (bicyclic) bond motifs is 1. The highest BCUT2D eigenvalue weighted by Crippen LogP contribution is 2.35. The van der Waals surface area contributed by atoms with E-state index in [9.17, 15) is 4.79 Å². The average Bonchev–Trinajstić information content (AvgIpc) is 3.11. The second kappa shape index (κ2) is 8.88. The molecule has 4 rings (SSSR count). The lowest BCUT2D eigenvalue weighted by molar-refractivity contribution is -0.116. The predicted molar refractivity (Wildman–Crippen MR) is 106 cm³/mol. The molecule has 0 radical (unpaired) electrons. The lowest BCUT2D eigenvalue weighted by Crippen LogP contribution is -2.14. The topological polar surface area (TPSA) is 69.8 Å². The van der Waals surface area contributed by atoms with Crippen LogP contribution in [-0.4, -0.2) is 29.0 Å². The van der Waals surface area contributed by atoms with Crippen LogP contribution in [0, 0.1) is 5.92 Å². The number of anilines is 1. The second-order valence-electron chi connectivity index (χ2n) is 6.93. The van der Waals surface area contributed by atoms with E-state index in [4.69, 9.17) is 0 Å². The van der Waals surface area contributed by atoms with Crippen molar-refractivity contribution in [3.8, 4) is 0 Å². The Labute approximate surface area is 160 Å². The molecule has 1 saturated heterocycles. The lowest BCUT2D eigenvalue weighted by Gasteiger charge is -2.22. The molecule has 1 saturated carbocycles. The quantitative estimate of drug-likeness (QED) is 0.729. The largest absolute Gasteiger partial charge is 0.342 e. The van der Waals surface area contributed by atoms with Gasteiger partial charge in [-0.25, -0.2) is 4.98 Å². The summed E-state index contributed by atoms with van der Waals surface area (Å²) in [6.45, 7) is 2.14. The van der Waals surface area contributed by atoms with Gasteiger partial charge in [-0.1, -0.05) is 6.42 Å². The Morgan fingerprint density at radius 2 is 2.08 bits per heavy atom. The molecule has 138 valence electrons. The van der Waals surface area contributed by atoms with Crippen LogP contribution in [0.25, 0.3) is 11.0 Å². The standard InChI is InChI=1S/C18H24N4O.2ClH/c23-17(7-4-12-8-9-19-11-12)20-14-5-6-15-16(10-14)22-18(21-15)13-2-1-3-13;;/h5-6,10,12-13,19H,1-4,7-9,11H2,(H,20,23)(H,21,22);2*1H. The van der Waals surface area contributed by atoms with E-state index in [1.807, 2.05) is 18.2 Å². The number of aromatic nitrogens is 2. The van der Waals surface area contributed by atoms with Gasteiger partial charge in [-0.15, -0.1) is 24.8 Å². The van der Waals surface area contributed by atoms with E-state index in [-0.39, 0.29) is 30.7 Å². The molecule has 2 aliphatic rings. The number of aromatic amines is 1. The third kappa shape index (κ3) is 4.66. The average molecular weight is 385 g/mol. The number of imidazole rings is 1. The summed E-state index contributed by atoms with van der Waals surface area (Å²) >= 11 is 0. The van der Waals surface area contributed by atoms with Gasteiger partial charge >= 0.3 is 0 Å². The smallest absolute Gasteiger partial charge is 0.224 e. The first-order chi connectivity index (χ1) is 11.3. The van der Waals surface area contributed by atoms with Crippen molar-refractivity contribution in [2.45, 2.75) is 44.4 Å². The van der Waals surface area contributed by atoms with E-state index < -0.39 is 0 Å². The van der Waals surface area contributed by atoms with E-state index in [2.05, 4.69) is 20.6 Å². The van der Waals surface area contributed by atoms with Crippen molar-refractivity contribution < 1.29 is 4.79 Å². The highest BCUT2D eigenvalue weighted by atomic mass is 35.5. The monoisotopic (exact) mass is 384 g/mol. The summed E-state index contributed by atoms with van der Waals surface area (Å²) in [5, 5.41) is 6.36. The van der Waals surface area contributed by atoms with Gasteiger partial charge in [-0.3, -0.25) is 4.79 Å². The molecule has 1 aliphatic heterocycles. The third-order valence-electron chi connectivity index (χ3n) is 5.22. The van der Waals surface area contributed by atoms with Crippen molar-refractivity contribution in [1.82, 2.24) is 15.3 Å². The molecule has 3 N–H and O–H groups in total. The minimum atomic E-state index is 0. The zero-order valence-corrected chi connectivity index (χ0v) is 15.8. The first kappa shape index (κ1) is 20.0. The number of rotatable bonds is 5. The van der Waals surface area contributed by atoms with Gasteiger partial charge in [0.05, 0.1) is 11.0 Å². The molecule has 0 bridgehead atoms. The molecule has 1 aromatic carbocycles. The van der Waals surface area contributed by atoms with Crippen molar-refractivity contribution in [1.29, 1.82) is 0 Å². The summed E-state index contributed by atoms with van der Waals surface area (Å²) in [4.78, 5) is 20.2. The number of carbonyl (C=O) groups is 1. The Morgan fingerprint density at radius 3 is 2.76 bits per heavy atom. The highest BCUT2D eigenvalue weighted by Gasteiger charge is 2.22. The van der Waals surface area contributed by atoms with E-state index in [1.165, 1.54) is 25.7 Å². The zero-order valence-electron chi connectivity index (χ0n) is 14.2.